The smallest absolute Gasteiger partial charge is 0.349 e. The molecule has 28 heavy (non-hydrogen) atoms. The van der Waals surface area contributed by atoms with Gasteiger partial charge in [0, 0.05) is 27.9 Å². The first-order valence-corrected chi connectivity index (χ1v) is 9.72. The molecule has 1 N–H and O–H groups in total. The van der Waals surface area contributed by atoms with Crippen molar-refractivity contribution in [3.63, 3.8) is 0 Å². The van der Waals surface area contributed by atoms with Crippen molar-refractivity contribution in [1.29, 1.82) is 0 Å². The molecule has 0 bridgehead atoms. The zero-order valence-corrected chi connectivity index (χ0v) is 16.4. The van der Waals surface area contributed by atoms with Crippen molar-refractivity contribution >= 4 is 44.9 Å². The van der Waals surface area contributed by atoms with Gasteiger partial charge in [-0.3, -0.25) is 10.1 Å². The lowest BCUT2D eigenvalue weighted by atomic mass is 10.1. The maximum Gasteiger partial charge on any atom is 0.349 e. The number of aryl methyl sites for hydroxylation is 1. The highest BCUT2D eigenvalue weighted by atomic mass is 35.5. The first-order chi connectivity index (χ1) is 13.5. The summed E-state index contributed by atoms with van der Waals surface area (Å²) in [5, 5.41) is 4.17. The number of fused-ring (bicyclic) bond motifs is 1. The van der Waals surface area contributed by atoms with Crippen molar-refractivity contribution < 1.29 is 9.21 Å². The number of amides is 1. The summed E-state index contributed by atoms with van der Waals surface area (Å²) in [6, 6.07) is 14.6. The molecule has 2 aromatic carbocycles. The molecule has 0 spiro atoms. The van der Waals surface area contributed by atoms with Crippen LogP contribution in [0.2, 0.25) is 5.02 Å². The standard InChI is InChI=1S/C21H15ClN2O3S/c1-12-3-2-4-13(7-12)8-16-11-23-21(28-16)24-19(25)17-10-14-9-15(22)5-6-18(14)27-20(17)26/h2-7,9-11H,8H2,1H3,(H,23,24,25). The average Bonchev–Trinajstić information content (AvgIpc) is 3.08. The summed E-state index contributed by atoms with van der Waals surface area (Å²) in [5.74, 6) is -0.563. The lowest BCUT2D eigenvalue weighted by molar-refractivity contribution is 0.102. The second kappa shape index (κ2) is 7.58. The van der Waals surface area contributed by atoms with E-state index in [1.54, 1.807) is 24.4 Å². The summed E-state index contributed by atoms with van der Waals surface area (Å²) in [6.45, 7) is 2.05. The van der Waals surface area contributed by atoms with Crippen LogP contribution in [0.1, 0.15) is 26.4 Å². The van der Waals surface area contributed by atoms with E-state index in [-0.39, 0.29) is 5.56 Å². The van der Waals surface area contributed by atoms with Crippen LogP contribution in [-0.2, 0) is 6.42 Å². The van der Waals surface area contributed by atoms with Crippen molar-refractivity contribution in [2.75, 3.05) is 5.32 Å². The van der Waals surface area contributed by atoms with E-state index in [2.05, 4.69) is 22.4 Å². The van der Waals surface area contributed by atoms with E-state index in [1.165, 1.54) is 28.5 Å². The van der Waals surface area contributed by atoms with Gasteiger partial charge in [0.25, 0.3) is 5.91 Å². The van der Waals surface area contributed by atoms with Crippen LogP contribution in [0.4, 0.5) is 5.13 Å². The highest BCUT2D eigenvalue weighted by molar-refractivity contribution is 7.15. The number of rotatable bonds is 4. The molecule has 1 amide bonds. The van der Waals surface area contributed by atoms with Crippen LogP contribution in [0.3, 0.4) is 0 Å². The predicted molar refractivity (Wildman–Crippen MR) is 112 cm³/mol. The van der Waals surface area contributed by atoms with E-state index < -0.39 is 11.5 Å². The Bertz CT molecular complexity index is 1250. The molecule has 0 fully saturated rings. The molecular weight excluding hydrogens is 396 g/mol. The molecule has 2 heterocycles. The lowest BCUT2D eigenvalue weighted by Crippen LogP contribution is -2.20. The summed E-state index contributed by atoms with van der Waals surface area (Å²) in [7, 11) is 0. The Kier molecular flexibility index (Phi) is 4.98. The van der Waals surface area contributed by atoms with Gasteiger partial charge in [0.2, 0.25) is 0 Å². The predicted octanol–water partition coefficient (Wildman–Crippen LogP) is 5.05. The molecule has 0 radical (unpaired) electrons. The molecule has 0 aliphatic rings. The zero-order chi connectivity index (χ0) is 19.7. The summed E-state index contributed by atoms with van der Waals surface area (Å²) >= 11 is 7.34. The maximum atomic E-state index is 12.5. The summed E-state index contributed by atoms with van der Waals surface area (Å²) in [4.78, 5) is 29.9. The van der Waals surface area contributed by atoms with E-state index in [0.29, 0.717) is 21.1 Å². The second-order valence-corrected chi connectivity index (χ2v) is 7.93. The molecule has 0 saturated heterocycles. The minimum absolute atomic E-state index is 0.0924. The number of hydrogen-bond donors (Lipinski definition) is 1. The minimum Gasteiger partial charge on any atom is -0.422 e. The number of carbonyl (C=O) groups excluding carboxylic acids is 1. The summed E-state index contributed by atoms with van der Waals surface area (Å²) in [5.41, 5.74) is 1.95. The second-order valence-electron chi connectivity index (χ2n) is 6.38. The van der Waals surface area contributed by atoms with Gasteiger partial charge in [0.05, 0.1) is 0 Å². The fourth-order valence-electron chi connectivity index (χ4n) is 2.89. The van der Waals surface area contributed by atoms with E-state index in [9.17, 15) is 9.59 Å². The third-order valence-corrected chi connectivity index (χ3v) is 5.32. The molecule has 0 unspecified atom stereocenters. The van der Waals surface area contributed by atoms with Gasteiger partial charge < -0.3 is 4.42 Å². The normalized spacial score (nSPS) is 10.9. The van der Waals surface area contributed by atoms with Crippen LogP contribution in [0.25, 0.3) is 11.0 Å². The zero-order valence-electron chi connectivity index (χ0n) is 14.9. The van der Waals surface area contributed by atoms with Gasteiger partial charge >= 0.3 is 5.63 Å². The first kappa shape index (κ1) is 18.4. The third kappa shape index (κ3) is 3.98. The van der Waals surface area contributed by atoms with Crippen LogP contribution >= 0.6 is 22.9 Å². The topological polar surface area (TPSA) is 72.2 Å². The highest BCUT2D eigenvalue weighted by Gasteiger charge is 2.16. The highest BCUT2D eigenvalue weighted by Crippen LogP contribution is 2.23. The Labute approximate surface area is 169 Å². The van der Waals surface area contributed by atoms with E-state index >= 15 is 0 Å². The largest absolute Gasteiger partial charge is 0.422 e. The fraction of sp³-hybridized carbons (Fsp3) is 0.0952. The van der Waals surface area contributed by atoms with Crippen molar-refractivity contribution in [2.45, 2.75) is 13.3 Å². The van der Waals surface area contributed by atoms with Crippen LogP contribution in [-0.4, -0.2) is 10.9 Å². The molecule has 4 aromatic rings. The van der Waals surface area contributed by atoms with Crippen LogP contribution in [0, 0.1) is 6.92 Å². The van der Waals surface area contributed by atoms with Gasteiger partial charge in [-0.25, -0.2) is 9.78 Å². The third-order valence-electron chi connectivity index (χ3n) is 4.17. The van der Waals surface area contributed by atoms with Gasteiger partial charge in [0.1, 0.15) is 11.1 Å². The summed E-state index contributed by atoms with van der Waals surface area (Å²) < 4.78 is 5.21. The van der Waals surface area contributed by atoms with Crippen molar-refractivity contribution in [3.8, 4) is 0 Å². The van der Waals surface area contributed by atoms with E-state index in [4.69, 9.17) is 16.0 Å². The van der Waals surface area contributed by atoms with Crippen LogP contribution in [0.5, 0.6) is 0 Å². The molecule has 2 aromatic heterocycles. The number of carbonyl (C=O) groups is 1. The van der Waals surface area contributed by atoms with Gasteiger partial charge in [-0.05, 0) is 36.8 Å². The molecule has 0 aliphatic carbocycles. The Morgan fingerprint density at radius 3 is 2.89 bits per heavy atom. The number of halogens is 1. The Morgan fingerprint density at radius 2 is 2.07 bits per heavy atom. The number of aromatic nitrogens is 1. The van der Waals surface area contributed by atoms with Crippen LogP contribution in [0.15, 0.2) is 63.9 Å². The Balaban J connectivity index is 1.54. The number of hydrogen-bond acceptors (Lipinski definition) is 5. The fourth-order valence-corrected chi connectivity index (χ4v) is 3.91. The van der Waals surface area contributed by atoms with Crippen molar-refractivity contribution in [1.82, 2.24) is 4.98 Å². The molecule has 0 atom stereocenters. The Morgan fingerprint density at radius 1 is 1.21 bits per heavy atom. The van der Waals surface area contributed by atoms with Gasteiger partial charge in [0.15, 0.2) is 5.13 Å². The number of nitrogens with zero attached hydrogens (tertiary/aromatic N) is 1. The molecular formula is C21H15ClN2O3S. The first-order valence-electron chi connectivity index (χ1n) is 8.53. The number of thiazole rings is 1. The molecule has 140 valence electrons. The van der Waals surface area contributed by atoms with Crippen molar-refractivity contribution in [3.05, 3.63) is 91.7 Å². The number of benzene rings is 2. The van der Waals surface area contributed by atoms with E-state index in [1.807, 2.05) is 19.1 Å². The number of anilines is 1. The van der Waals surface area contributed by atoms with E-state index in [0.717, 1.165) is 11.3 Å². The number of nitrogens with one attached hydrogen (secondary N) is 1. The quantitative estimate of drug-likeness (QED) is 0.477. The Hall–Kier alpha value is -2.96. The molecule has 0 saturated carbocycles. The lowest BCUT2D eigenvalue weighted by Gasteiger charge is -2.03. The minimum atomic E-state index is -0.705. The van der Waals surface area contributed by atoms with Crippen molar-refractivity contribution in [2.24, 2.45) is 0 Å². The monoisotopic (exact) mass is 410 g/mol. The van der Waals surface area contributed by atoms with Gasteiger partial charge in [-0.15, -0.1) is 11.3 Å². The molecule has 0 aliphatic heterocycles. The van der Waals surface area contributed by atoms with Gasteiger partial charge in [-0.1, -0.05) is 41.4 Å². The van der Waals surface area contributed by atoms with Crippen LogP contribution < -0.4 is 10.9 Å². The SMILES string of the molecule is Cc1cccc(Cc2cnc(NC(=O)c3cc4cc(Cl)ccc4oc3=O)s2)c1. The molecule has 7 heteroatoms. The maximum absolute atomic E-state index is 12.5. The van der Waals surface area contributed by atoms with Gasteiger partial charge in [-0.2, -0.15) is 0 Å². The molecule has 4 rings (SSSR count). The molecule has 5 nitrogen and oxygen atoms in total. The summed E-state index contributed by atoms with van der Waals surface area (Å²) in [6.07, 6.45) is 2.46. The average molecular weight is 411 g/mol.